The van der Waals surface area contributed by atoms with Crippen LogP contribution in [-0.4, -0.2) is 49.4 Å². The highest BCUT2D eigenvalue weighted by atomic mass is 28.3. The molecule has 3 saturated heterocycles. The van der Waals surface area contributed by atoms with Gasteiger partial charge in [0, 0.05) is 5.69 Å². The largest absolute Gasteiger partial charge is 0.412 e. The van der Waals surface area contributed by atoms with E-state index in [0.29, 0.717) is 11.5 Å². The molecule has 1 aromatic carbocycles. The SMILES string of the molecule is CC(C)(C)C.[C-]#[N+]c1ccc(N2C(=O)[C@@H]3[C@H](C2=O)C2(C)OC3(C)[C@H](O[SiH](C)C)[C@H]2O)cc1C(F)(F)F. The number of aliphatic hydroxyl groups is 1. The number of alkyl halides is 3. The summed E-state index contributed by atoms with van der Waals surface area (Å²) in [5.41, 5.74) is -4.30. The molecule has 0 aromatic heterocycles. The summed E-state index contributed by atoms with van der Waals surface area (Å²) in [5.74, 6) is -3.48. The first-order valence-electron chi connectivity index (χ1n) is 11.8. The van der Waals surface area contributed by atoms with Crippen molar-refractivity contribution in [1.29, 1.82) is 0 Å². The van der Waals surface area contributed by atoms with Crippen LogP contribution in [0, 0.1) is 23.8 Å². The Morgan fingerprint density at radius 2 is 1.58 bits per heavy atom. The number of imide groups is 1. The molecule has 6 atom stereocenters. The Morgan fingerprint density at radius 3 is 2.03 bits per heavy atom. The predicted octanol–water partition coefficient (Wildman–Crippen LogP) is 4.70. The van der Waals surface area contributed by atoms with Crippen LogP contribution in [0.5, 0.6) is 0 Å². The standard InChI is InChI=1S/C20H21F3N2O5Si.C5H12/c1-18-12-13(19(2,30-18)15(14(18)26)29-31(4)5)17(28)25(16(12)27)9-6-7-11(24-3)10(8-9)20(21,22)23;1-5(2,3)4/h6-8,12-15,26,31H,1-2,4-5H3;1-4H3/t12-,13+,14-,15-,18?,19?;/m1./s1. The molecule has 3 fully saturated rings. The summed E-state index contributed by atoms with van der Waals surface area (Å²) in [6.45, 7) is 22.6. The molecule has 11 heteroatoms. The number of halogens is 3. The van der Waals surface area contributed by atoms with E-state index in [-0.39, 0.29) is 5.69 Å². The van der Waals surface area contributed by atoms with E-state index in [4.69, 9.17) is 15.7 Å². The Morgan fingerprint density at radius 1 is 1.08 bits per heavy atom. The first-order chi connectivity index (χ1) is 16.3. The Hall–Kier alpha value is -2.26. The number of rotatable bonds is 3. The summed E-state index contributed by atoms with van der Waals surface area (Å²) in [4.78, 5) is 30.2. The van der Waals surface area contributed by atoms with Gasteiger partial charge in [-0.1, -0.05) is 33.8 Å². The smallest absolute Gasteiger partial charge is 0.407 e. The highest BCUT2D eigenvalue weighted by Gasteiger charge is 2.79. The van der Waals surface area contributed by atoms with Crippen molar-refractivity contribution in [2.45, 2.75) is 84.2 Å². The van der Waals surface area contributed by atoms with Crippen molar-refractivity contribution in [2.75, 3.05) is 4.90 Å². The number of aliphatic hydroxyl groups excluding tert-OH is 1. The monoisotopic (exact) mass is 526 g/mol. The van der Waals surface area contributed by atoms with Crippen molar-refractivity contribution in [3.8, 4) is 0 Å². The van der Waals surface area contributed by atoms with Crippen LogP contribution in [0.1, 0.15) is 47.1 Å². The molecular formula is C25H33F3N2O5Si. The van der Waals surface area contributed by atoms with Gasteiger partial charge in [-0.25, -0.2) is 9.74 Å². The van der Waals surface area contributed by atoms with E-state index in [2.05, 4.69) is 32.5 Å². The molecule has 198 valence electrons. The molecule has 7 nitrogen and oxygen atoms in total. The highest BCUT2D eigenvalue weighted by molar-refractivity contribution is 6.48. The van der Waals surface area contributed by atoms with E-state index >= 15 is 0 Å². The van der Waals surface area contributed by atoms with Crippen LogP contribution in [0.3, 0.4) is 0 Å². The number of carbonyl (C=O) groups is 2. The van der Waals surface area contributed by atoms with Crippen LogP contribution in [0.2, 0.25) is 13.1 Å². The molecule has 4 rings (SSSR count). The van der Waals surface area contributed by atoms with E-state index in [0.717, 1.165) is 17.0 Å². The third-order valence-electron chi connectivity index (χ3n) is 6.50. The van der Waals surface area contributed by atoms with E-state index < -0.39 is 73.5 Å². The molecule has 36 heavy (non-hydrogen) atoms. The number of carbonyl (C=O) groups excluding carboxylic acids is 2. The Kier molecular flexibility index (Phi) is 7.03. The fourth-order valence-electron chi connectivity index (χ4n) is 5.26. The number of amides is 2. The van der Waals surface area contributed by atoms with Crippen LogP contribution in [0.4, 0.5) is 24.5 Å². The average molecular weight is 527 g/mol. The van der Waals surface area contributed by atoms with E-state index in [1.807, 2.05) is 13.1 Å². The second-order valence-electron chi connectivity index (χ2n) is 11.8. The lowest BCUT2D eigenvalue weighted by molar-refractivity contribution is -0.137. The second kappa shape index (κ2) is 8.94. The van der Waals surface area contributed by atoms with Gasteiger partial charge in [0.2, 0.25) is 11.8 Å². The summed E-state index contributed by atoms with van der Waals surface area (Å²) in [6, 6.07) is 2.74. The molecule has 3 heterocycles. The molecule has 2 unspecified atom stereocenters. The molecule has 1 N–H and O–H groups in total. The minimum Gasteiger partial charge on any atom is -0.412 e. The minimum absolute atomic E-state index is 0.263. The van der Waals surface area contributed by atoms with Crippen molar-refractivity contribution in [3.63, 3.8) is 0 Å². The van der Waals surface area contributed by atoms with Gasteiger partial charge < -0.3 is 14.3 Å². The van der Waals surface area contributed by atoms with Crippen molar-refractivity contribution in [1.82, 2.24) is 0 Å². The zero-order chi connectivity index (χ0) is 27.6. The lowest BCUT2D eigenvalue weighted by Crippen LogP contribution is -2.59. The minimum atomic E-state index is -4.82. The van der Waals surface area contributed by atoms with Gasteiger partial charge in [0.25, 0.3) is 0 Å². The molecular weight excluding hydrogens is 493 g/mol. The predicted molar refractivity (Wildman–Crippen MR) is 130 cm³/mol. The zero-order valence-corrected chi connectivity index (χ0v) is 22.9. The van der Waals surface area contributed by atoms with Gasteiger partial charge in [-0.3, -0.25) is 9.59 Å². The number of hydrogen-bond donors (Lipinski definition) is 1. The number of hydrogen-bond acceptors (Lipinski definition) is 5. The molecule has 0 saturated carbocycles. The summed E-state index contributed by atoms with van der Waals surface area (Å²) in [5, 5.41) is 10.9. The third-order valence-corrected chi connectivity index (χ3v) is 7.34. The van der Waals surface area contributed by atoms with Gasteiger partial charge in [0.05, 0.1) is 24.0 Å². The van der Waals surface area contributed by atoms with Crippen LogP contribution in [0.15, 0.2) is 18.2 Å². The Balaban J connectivity index is 0.000000658. The maximum absolute atomic E-state index is 13.4. The number of nitrogens with zero attached hydrogens (tertiary/aromatic N) is 2. The van der Waals surface area contributed by atoms with Crippen LogP contribution >= 0.6 is 0 Å². The van der Waals surface area contributed by atoms with E-state index in [9.17, 15) is 27.9 Å². The van der Waals surface area contributed by atoms with Gasteiger partial charge >= 0.3 is 6.18 Å². The van der Waals surface area contributed by atoms with Crippen molar-refractivity contribution in [2.24, 2.45) is 17.3 Å². The second-order valence-corrected chi connectivity index (χ2v) is 14.2. The van der Waals surface area contributed by atoms with Gasteiger partial charge in [0.15, 0.2) is 14.7 Å². The molecule has 0 spiro atoms. The number of fused-ring (bicyclic) bond motifs is 5. The molecule has 0 radical (unpaired) electrons. The van der Waals surface area contributed by atoms with E-state index in [1.54, 1.807) is 6.92 Å². The van der Waals surface area contributed by atoms with Gasteiger partial charge in [-0.05, 0) is 44.5 Å². The maximum atomic E-state index is 13.4. The van der Waals surface area contributed by atoms with Crippen molar-refractivity contribution >= 4 is 32.2 Å². The van der Waals surface area contributed by atoms with Crippen LogP contribution < -0.4 is 4.90 Å². The van der Waals surface area contributed by atoms with Gasteiger partial charge in [-0.2, -0.15) is 13.2 Å². The summed E-state index contributed by atoms with van der Waals surface area (Å²) in [6.07, 6.45) is -6.81. The van der Waals surface area contributed by atoms with Crippen molar-refractivity contribution < 1.29 is 37.0 Å². The Bertz CT molecular complexity index is 1110. The third kappa shape index (κ3) is 4.60. The number of benzene rings is 1. The summed E-state index contributed by atoms with van der Waals surface area (Å²) in [7, 11) is -1.66. The van der Waals surface area contributed by atoms with E-state index in [1.165, 1.54) is 6.92 Å². The molecule has 3 aliphatic heterocycles. The first kappa shape index (κ1) is 28.3. The molecule has 2 bridgehead atoms. The normalized spacial score (nSPS) is 33.5. The fourth-order valence-corrected chi connectivity index (χ4v) is 6.27. The lowest BCUT2D eigenvalue weighted by Gasteiger charge is -2.39. The number of ether oxygens (including phenoxy) is 1. The average Bonchev–Trinajstić information content (AvgIpc) is 3.21. The van der Waals surface area contributed by atoms with Crippen LogP contribution in [-0.2, 0) is 24.9 Å². The summed E-state index contributed by atoms with van der Waals surface area (Å²) < 4.78 is 52.2. The summed E-state index contributed by atoms with van der Waals surface area (Å²) >= 11 is 0. The number of anilines is 1. The maximum Gasteiger partial charge on any atom is 0.407 e. The first-order valence-corrected chi connectivity index (χ1v) is 14.6. The van der Waals surface area contributed by atoms with Crippen LogP contribution in [0.25, 0.3) is 4.85 Å². The van der Waals surface area contributed by atoms with Crippen molar-refractivity contribution in [3.05, 3.63) is 35.2 Å². The molecule has 2 amide bonds. The highest BCUT2D eigenvalue weighted by Crippen LogP contribution is 2.62. The van der Waals surface area contributed by atoms with Gasteiger partial charge in [-0.15, -0.1) is 0 Å². The molecule has 0 aliphatic carbocycles. The van der Waals surface area contributed by atoms with Gasteiger partial charge in [0.1, 0.15) is 23.4 Å². The topological polar surface area (TPSA) is 80.4 Å². The fraction of sp³-hybridized carbons (Fsp3) is 0.640. The lowest BCUT2D eigenvalue weighted by atomic mass is 9.66. The molecule has 1 aromatic rings. The molecule has 3 aliphatic rings. The Labute approximate surface area is 211 Å². The zero-order valence-electron chi connectivity index (χ0n) is 21.7. The quantitative estimate of drug-likeness (QED) is 0.351.